The Bertz CT molecular complexity index is 1170. The number of rotatable bonds is 11. The minimum Gasteiger partial charge on any atom is -0.489 e. The summed E-state index contributed by atoms with van der Waals surface area (Å²) in [6.07, 6.45) is 4.41. The fourth-order valence-corrected chi connectivity index (χ4v) is 5.78. The van der Waals surface area contributed by atoms with Gasteiger partial charge in [0.2, 0.25) is 0 Å². The number of nitrogens with one attached hydrogen (secondary N) is 1. The topological polar surface area (TPSA) is 65.0 Å². The van der Waals surface area contributed by atoms with Crippen LogP contribution in [-0.2, 0) is 17.6 Å². The fraction of sp³-hybridized carbons (Fsp3) is 0.567. The molecule has 0 radical (unpaired) electrons. The van der Waals surface area contributed by atoms with Gasteiger partial charge in [-0.1, -0.05) is 29.8 Å². The van der Waals surface area contributed by atoms with Crippen LogP contribution in [0, 0.1) is 0 Å². The number of fused-ring (bicyclic) bond motifs is 1. The van der Waals surface area contributed by atoms with Gasteiger partial charge in [-0.05, 0) is 92.9 Å². The predicted octanol–water partition coefficient (Wildman–Crippen LogP) is 5.15. The van der Waals surface area contributed by atoms with E-state index in [9.17, 15) is 9.90 Å². The van der Waals surface area contributed by atoms with Crippen LogP contribution >= 0.6 is 11.6 Å². The number of ether oxygens (including phenoxy) is 1. The van der Waals surface area contributed by atoms with Crippen LogP contribution < -0.4 is 15.0 Å². The first-order chi connectivity index (χ1) is 18.7. The maximum Gasteiger partial charge on any atom is 0.324 e. The van der Waals surface area contributed by atoms with Crippen LogP contribution in [0.1, 0.15) is 61.3 Å². The molecule has 9 heteroatoms. The van der Waals surface area contributed by atoms with Crippen LogP contribution in [0.25, 0.3) is 0 Å². The molecule has 1 saturated heterocycles. The third kappa shape index (κ3) is 7.02. The van der Waals surface area contributed by atoms with Crippen molar-refractivity contribution in [1.82, 2.24) is 10.2 Å². The molecule has 2 fully saturated rings. The number of hydrogen-bond donors (Lipinski definition) is 2. The molecular weight excluding hydrogens is 524 g/mol. The summed E-state index contributed by atoms with van der Waals surface area (Å²) in [7, 11) is 2.04. The average molecular weight is 562 g/mol. The molecule has 2 aromatic carbocycles. The van der Waals surface area contributed by atoms with Gasteiger partial charge in [0, 0.05) is 32.2 Å². The van der Waals surface area contributed by atoms with Gasteiger partial charge < -0.3 is 25.0 Å². The standard InChI is InChI=1S/C30H38ClF2N3O3/c1-35-14-4-5-21-17-20(6-10-26(21)35)12-13-30(32,33)29(38)34-25(19-36-15-2-3-16-36)28(37)22-7-11-27(24(31)18-22)39-23-8-9-23/h6-7,10-11,17-18,23,25,28,37H,2-5,8-9,12-16,19H2,1H3,(H,34,38). The molecule has 2 unspecified atom stereocenters. The lowest BCUT2D eigenvalue weighted by Gasteiger charge is -2.30. The molecule has 2 aromatic rings. The molecule has 6 nitrogen and oxygen atoms in total. The van der Waals surface area contributed by atoms with Gasteiger partial charge in [-0.25, -0.2) is 0 Å². The van der Waals surface area contributed by atoms with Crippen LogP contribution in [0.2, 0.25) is 5.02 Å². The van der Waals surface area contributed by atoms with E-state index in [1.807, 2.05) is 25.2 Å². The Hall–Kier alpha value is -2.42. The van der Waals surface area contributed by atoms with Crippen LogP contribution in [0.5, 0.6) is 5.75 Å². The van der Waals surface area contributed by atoms with Gasteiger partial charge in [0.25, 0.3) is 5.91 Å². The van der Waals surface area contributed by atoms with E-state index in [1.54, 1.807) is 18.2 Å². The van der Waals surface area contributed by atoms with Gasteiger partial charge in [-0.15, -0.1) is 0 Å². The summed E-state index contributed by atoms with van der Waals surface area (Å²) in [4.78, 5) is 17.2. The number of benzene rings is 2. The van der Waals surface area contributed by atoms with Gasteiger partial charge in [0.15, 0.2) is 0 Å². The van der Waals surface area contributed by atoms with E-state index < -0.39 is 30.4 Å². The molecule has 5 rings (SSSR count). The zero-order valence-electron chi connectivity index (χ0n) is 22.5. The molecule has 0 spiro atoms. The minimum atomic E-state index is -3.57. The summed E-state index contributed by atoms with van der Waals surface area (Å²) in [5.41, 5.74) is 3.55. The molecule has 0 bridgehead atoms. The first-order valence-corrected chi connectivity index (χ1v) is 14.5. The van der Waals surface area contributed by atoms with Gasteiger partial charge in [0.05, 0.1) is 17.2 Å². The molecule has 1 saturated carbocycles. The molecule has 1 aliphatic carbocycles. The lowest BCUT2D eigenvalue weighted by molar-refractivity contribution is -0.148. The number of amides is 1. The SMILES string of the molecule is CN1CCCc2cc(CCC(F)(F)C(=O)NC(CN3CCCC3)C(O)c3ccc(OC4CC4)c(Cl)c3)ccc21. The Morgan fingerprint density at radius 2 is 1.92 bits per heavy atom. The summed E-state index contributed by atoms with van der Waals surface area (Å²) in [6.45, 7) is 2.87. The summed E-state index contributed by atoms with van der Waals surface area (Å²) >= 11 is 6.39. The number of hydrogen-bond acceptors (Lipinski definition) is 5. The van der Waals surface area contributed by atoms with Gasteiger partial charge in [0.1, 0.15) is 11.9 Å². The number of likely N-dealkylation sites (tertiary alicyclic amines) is 1. The first kappa shape index (κ1) is 28.1. The van der Waals surface area contributed by atoms with Crippen LogP contribution in [0.15, 0.2) is 36.4 Å². The van der Waals surface area contributed by atoms with Gasteiger partial charge >= 0.3 is 5.92 Å². The van der Waals surface area contributed by atoms with Crippen molar-refractivity contribution in [3.63, 3.8) is 0 Å². The van der Waals surface area contributed by atoms with Crippen molar-refractivity contribution in [3.8, 4) is 5.75 Å². The second-order valence-electron chi connectivity index (χ2n) is 11.2. The van der Waals surface area contributed by atoms with E-state index in [-0.39, 0.29) is 19.1 Å². The largest absolute Gasteiger partial charge is 0.489 e. The number of alkyl halides is 2. The van der Waals surface area contributed by atoms with Crippen molar-refractivity contribution >= 4 is 23.2 Å². The highest BCUT2D eigenvalue weighted by atomic mass is 35.5. The second kappa shape index (κ2) is 12.0. The predicted molar refractivity (Wildman–Crippen MR) is 149 cm³/mol. The lowest BCUT2D eigenvalue weighted by atomic mass is 9.96. The number of nitrogens with zero attached hydrogens (tertiary/aromatic N) is 2. The quantitative estimate of drug-likeness (QED) is 0.397. The molecule has 2 heterocycles. The maximum atomic E-state index is 15.1. The zero-order chi connectivity index (χ0) is 27.6. The molecule has 3 aliphatic rings. The number of aryl methyl sites for hydroxylation is 2. The van der Waals surface area contributed by atoms with Gasteiger partial charge in [-0.2, -0.15) is 8.78 Å². The molecule has 2 aliphatic heterocycles. The van der Waals surface area contributed by atoms with Crippen molar-refractivity contribution in [2.45, 2.75) is 75.5 Å². The number of carbonyl (C=O) groups excluding carboxylic acids is 1. The second-order valence-corrected chi connectivity index (χ2v) is 11.6. The Labute approximate surface area is 234 Å². The van der Waals surface area contributed by atoms with Crippen molar-refractivity contribution < 1.29 is 23.4 Å². The van der Waals surface area contributed by atoms with E-state index in [0.717, 1.165) is 75.0 Å². The summed E-state index contributed by atoms with van der Waals surface area (Å²) in [5, 5.41) is 14.1. The van der Waals surface area contributed by atoms with E-state index in [2.05, 4.69) is 15.1 Å². The summed E-state index contributed by atoms with van der Waals surface area (Å²) in [6, 6.07) is 9.90. The molecule has 212 valence electrons. The Balaban J connectivity index is 1.25. The Kier molecular flexibility index (Phi) is 8.64. The van der Waals surface area contributed by atoms with Crippen molar-refractivity contribution in [2.24, 2.45) is 0 Å². The Morgan fingerprint density at radius 1 is 1.15 bits per heavy atom. The highest BCUT2D eigenvalue weighted by Gasteiger charge is 2.41. The average Bonchev–Trinajstić information content (AvgIpc) is 3.59. The maximum absolute atomic E-state index is 15.1. The highest BCUT2D eigenvalue weighted by molar-refractivity contribution is 6.32. The Morgan fingerprint density at radius 3 is 2.64 bits per heavy atom. The van der Waals surface area contributed by atoms with Crippen molar-refractivity contribution in [3.05, 3.63) is 58.1 Å². The number of aliphatic hydroxyl groups excluding tert-OH is 1. The highest BCUT2D eigenvalue weighted by Crippen LogP contribution is 2.35. The molecule has 2 atom stereocenters. The fourth-order valence-electron chi connectivity index (χ4n) is 5.55. The first-order valence-electron chi connectivity index (χ1n) is 14.1. The molecule has 2 N–H and O–H groups in total. The molecule has 1 amide bonds. The monoisotopic (exact) mass is 561 g/mol. The molecule has 39 heavy (non-hydrogen) atoms. The van der Waals surface area contributed by atoms with Crippen LogP contribution in [0.3, 0.4) is 0 Å². The number of carbonyl (C=O) groups is 1. The van der Waals surface area contributed by atoms with Crippen LogP contribution in [0.4, 0.5) is 14.5 Å². The van der Waals surface area contributed by atoms with E-state index in [4.69, 9.17) is 16.3 Å². The third-order valence-electron chi connectivity index (χ3n) is 8.02. The normalized spacial score (nSPS) is 19.5. The molecule has 0 aromatic heterocycles. The van der Waals surface area contributed by atoms with E-state index in [1.165, 1.54) is 0 Å². The number of anilines is 1. The van der Waals surface area contributed by atoms with Gasteiger partial charge in [-0.3, -0.25) is 4.79 Å². The van der Waals surface area contributed by atoms with E-state index >= 15 is 8.78 Å². The number of halogens is 3. The summed E-state index contributed by atoms with van der Waals surface area (Å²) in [5.74, 6) is -4.39. The van der Waals surface area contributed by atoms with E-state index in [0.29, 0.717) is 16.3 Å². The minimum absolute atomic E-state index is 0.0921. The van der Waals surface area contributed by atoms with Crippen molar-refractivity contribution in [1.29, 1.82) is 0 Å². The smallest absolute Gasteiger partial charge is 0.324 e. The third-order valence-corrected chi connectivity index (χ3v) is 8.32. The number of aliphatic hydroxyl groups is 1. The lowest BCUT2D eigenvalue weighted by Crippen LogP contribution is -2.51. The summed E-state index contributed by atoms with van der Waals surface area (Å²) < 4.78 is 36.0. The van der Waals surface area contributed by atoms with Crippen molar-refractivity contribution in [2.75, 3.05) is 38.1 Å². The molecular formula is C30H38ClF2N3O3. The van der Waals surface area contributed by atoms with Crippen LogP contribution in [-0.4, -0.2) is 67.2 Å². The zero-order valence-corrected chi connectivity index (χ0v) is 23.2.